The molecule has 9 aromatic rings. The van der Waals surface area contributed by atoms with Crippen molar-refractivity contribution in [2.45, 2.75) is 69.0 Å². The van der Waals surface area contributed by atoms with Crippen LogP contribution in [0.25, 0.3) is 0 Å². The van der Waals surface area contributed by atoms with Crippen molar-refractivity contribution >= 4 is 17.7 Å². The lowest BCUT2D eigenvalue weighted by Crippen LogP contribution is -2.48. The third-order valence-corrected chi connectivity index (χ3v) is 17.5. The van der Waals surface area contributed by atoms with Crippen LogP contribution in [0.2, 0.25) is 0 Å². The van der Waals surface area contributed by atoms with Gasteiger partial charge < -0.3 is 29.3 Å². The second-order valence-electron chi connectivity index (χ2n) is 24.2. The van der Waals surface area contributed by atoms with Gasteiger partial charge in [-0.15, -0.1) is 0 Å². The van der Waals surface area contributed by atoms with Crippen LogP contribution < -0.4 is 25.8 Å². The number of benzene rings is 6. The minimum Gasteiger partial charge on any atom is -0.502 e. The molecule has 0 spiro atoms. The van der Waals surface area contributed by atoms with Crippen LogP contribution in [-0.4, -0.2) is 107 Å². The van der Waals surface area contributed by atoms with Gasteiger partial charge in [-0.2, -0.15) is 20.6 Å². The number of hydrogen-bond donors (Lipinski definition) is 1. The highest BCUT2D eigenvalue weighted by molar-refractivity contribution is 5.97. The maximum atomic E-state index is 15.2. The van der Waals surface area contributed by atoms with Crippen LogP contribution in [0.1, 0.15) is 133 Å². The van der Waals surface area contributed by atoms with Gasteiger partial charge in [-0.1, -0.05) is 153 Å². The molecule has 6 heterocycles. The van der Waals surface area contributed by atoms with Crippen molar-refractivity contribution in [1.29, 1.82) is 5.26 Å². The Hall–Kier alpha value is -10.7. The van der Waals surface area contributed by atoms with E-state index >= 15 is 4.79 Å². The summed E-state index contributed by atoms with van der Waals surface area (Å²) in [6, 6.07) is 52.0. The molecule has 0 bridgehead atoms. The lowest BCUT2D eigenvalue weighted by Gasteiger charge is -2.40. The molecule has 452 valence electrons. The van der Waals surface area contributed by atoms with Gasteiger partial charge in [0.15, 0.2) is 22.8 Å². The number of hydrogen-bond acceptors (Lipinski definition) is 13. The average molecular weight is 1200 g/mol. The maximum absolute atomic E-state index is 15.2. The number of nitrogens with zero attached hydrogens (tertiary/aromatic N) is 10. The van der Waals surface area contributed by atoms with Crippen LogP contribution in [0.5, 0.6) is 28.7 Å². The first-order chi connectivity index (χ1) is 43.7. The molecule has 4 aliphatic rings. The minimum atomic E-state index is -0.758. The van der Waals surface area contributed by atoms with Gasteiger partial charge in [0.25, 0.3) is 17.7 Å². The molecule has 3 amide bonds. The molecule has 6 unspecified atom stereocenters. The second kappa shape index (κ2) is 24.4. The first-order valence-corrected chi connectivity index (χ1v) is 30.3. The first kappa shape index (κ1) is 58.3. The van der Waals surface area contributed by atoms with Crippen molar-refractivity contribution in [3.8, 4) is 34.8 Å². The summed E-state index contributed by atoms with van der Waals surface area (Å²) in [5.41, 5.74) is 3.55. The molecule has 19 nitrogen and oxygen atoms in total. The zero-order valence-electron chi connectivity index (χ0n) is 49.8. The number of likely N-dealkylation sites (N-methyl/N-ethyl adjacent to an activating group) is 1. The monoisotopic (exact) mass is 1200 g/mol. The highest BCUT2D eigenvalue weighted by atomic mass is 16.5. The standard InChI is InChI=1S/C71H64N10O9/c1-43(2)38-77-41-56(81-65(71(77)88)68(59(84)37-75-81)90-53-27-14-24-50(33-53)61(47-19-9-5-10-20-47)55-42-78(39-45-28-29-45)70(87)63-66(85)57(82)35-73-79(55)63)62(48-21-11-6-12-22-48)51-25-15-26-52(34-51)89-67-58(83)36-74-80-54(40-76(3)69(86)64(67)80)60(46-17-7-4-8-18-46)49-23-13-16-44(32-49)30-31-72/h4-27,32-37,43,45,54-56,60-62,85H,28-30,38-42H2,1-3H3. The van der Waals surface area contributed by atoms with Gasteiger partial charge in [0.2, 0.25) is 27.8 Å². The van der Waals surface area contributed by atoms with E-state index in [9.17, 15) is 34.3 Å². The maximum Gasteiger partial charge on any atom is 0.276 e. The molecule has 0 radical (unpaired) electrons. The topological polar surface area (TPSA) is 228 Å². The number of ether oxygens (including phenoxy) is 2. The van der Waals surface area contributed by atoms with Crippen molar-refractivity contribution in [2.75, 3.05) is 39.8 Å². The summed E-state index contributed by atoms with van der Waals surface area (Å²) < 4.78 is 18.1. The normalized spacial score (nSPS) is 18.1. The van der Waals surface area contributed by atoms with E-state index in [1.165, 1.54) is 10.9 Å². The summed E-state index contributed by atoms with van der Waals surface area (Å²) in [6.07, 6.45) is 5.51. The van der Waals surface area contributed by atoms with Gasteiger partial charge in [-0.05, 0) is 87.9 Å². The molecule has 3 aromatic heterocycles. The zero-order valence-corrected chi connectivity index (χ0v) is 49.8. The van der Waals surface area contributed by atoms with E-state index in [1.807, 2.05) is 147 Å². The van der Waals surface area contributed by atoms with Gasteiger partial charge >= 0.3 is 0 Å². The lowest BCUT2D eigenvalue weighted by atomic mass is 9.83. The molecule has 6 atom stereocenters. The summed E-state index contributed by atoms with van der Waals surface area (Å²) in [5, 5.41) is 34.7. The Bertz CT molecular complexity index is 4470. The smallest absolute Gasteiger partial charge is 0.276 e. The highest BCUT2D eigenvalue weighted by Gasteiger charge is 2.44. The van der Waals surface area contributed by atoms with Crippen molar-refractivity contribution in [3.05, 3.63) is 269 Å². The Labute approximate surface area is 518 Å². The van der Waals surface area contributed by atoms with E-state index in [4.69, 9.17) is 14.6 Å². The van der Waals surface area contributed by atoms with Crippen LogP contribution in [0.4, 0.5) is 0 Å². The number of nitriles is 1. The molecule has 6 aromatic carbocycles. The van der Waals surface area contributed by atoms with Crippen LogP contribution >= 0.6 is 0 Å². The molecule has 1 N–H and O–H groups in total. The van der Waals surface area contributed by atoms with Crippen molar-refractivity contribution in [1.82, 2.24) is 44.0 Å². The average Bonchev–Trinajstić information content (AvgIpc) is 1.04. The predicted octanol–water partition coefficient (Wildman–Crippen LogP) is 9.90. The quantitative estimate of drug-likeness (QED) is 0.0845. The fraction of sp³-hybridized carbons (Fsp3) is 0.268. The van der Waals surface area contributed by atoms with Crippen LogP contribution in [0, 0.1) is 23.2 Å². The van der Waals surface area contributed by atoms with Crippen molar-refractivity contribution in [3.63, 3.8) is 0 Å². The zero-order chi connectivity index (χ0) is 62.3. The largest absolute Gasteiger partial charge is 0.502 e. The molecule has 3 aliphatic heterocycles. The number of rotatable bonds is 18. The van der Waals surface area contributed by atoms with Crippen LogP contribution in [0.15, 0.2) is 197 Å². The molecular weight excluding hydrogens is 1140 g/mol. The van der Waals surface area contributed by atoms with E-state index in [0.717, 1.165) is 53.1 Å². The lowest BCUT2D eigenvalue weighted by molar-refractivity contribution is 0.0607. The summed E-state index contributed by atoms with van der Waals surface area (Å²) >= 11 is 0. The van der Waals surface area contributed by atoms with Gasteiger partial charge in [0.1, 0.15) is 11.5 Å². The van der Waals surface area contributed by atoms with E-state index < -0.39 is 69.7 Å². The van der Waals surface area contributed by atoms with E-state index in [2.05, 4.69) is 16.3 Å². The molecule has 13 rings (SSSR count). The summed E-state index contributed by atoms with van der Waals surface area (Å²) in [6.45, 7) is 5.44. The second-order valence-corrected chi connectivity index (χ2v) is 24.2. The van der Waals surface area contributed by atoms with E-state index in [1.54, 1.807) is 61.4 Å². The van der Waals surface area contributed by atoms with Crippen LogP contribution in [-0.2, 0) is 6.42 Å². The number of aromatic nitrogens is 6. The number of amides is 3. The van der Waals surface area contributed by atoms with Gasteiger partial charge in [0, 0.05) is 57.5 Å². The Morgan fingerprint density at radius 2 is 0.933 bits per heavy atom. The Morgan fingerprint density at radius 3 is 1.42 bits per heavy atom. The molecule has 1 aliphatic carbocycles. The fourth-order valence-corrected chi connectivity index (χ4v) is 13.4. The predicted molar refractivity (Wildman–Crippen MR) is 334 cm³/mol. The van der Waals surface area contributed by atoms with Crippen molar-refractivity contribution in [2.24, 2.45) is 11.8 Å². The molecule has 19 heteroatoms. The molecule has 1 fully saturated rings. The Kier molecular flexibility index (Phi) is 15.8. The van der Waals surface area contributed by atoms with E-state index in [-0.39, 0.29) is 78.0 Å². The Morgan fingerprint density at radius 1 is 0.511 bits per heavy atom. The third-order valence-electron chi connectivity index (χ3n) is 17.5. The summed E-state index contributed by atoms with van der Waals surface area (Å²) in [4.78, 5) is 90.4. The van der Waals surface area contributed by atoms with E-state index in [0.29, 0.717) is 30.1 Å². The minimum absolute atomic E-state index is 0.00540. The summed E-state index contributed by atoms with van der Waals surface area (Å²) in [7, 11) is 1.69. The highest BCUT2D eigenvalue weighted by Crippen LogP contribution is 2.46. The Balaban J connectivity index is 0.885. The van der Waals surface area contributed by atoms with Crippen molar-refractivity contribution < 1.29 is 29.0 Å². The van der Waals surface area contributed by atoms with Gasteiger partial charge in [0.05, 0.1) is 49.2 Å². The molecule has 1 saturated carbocycles. The third kappa shape index (κ3) is 11.2. The van der Waals surface area contributed by atoms with Crippen LogP contribution in [0.3, 0.4) is 0 Å². The molecular formula is C71H64N10O9. The summed E-state index contributed by atoms with van der Waals surface area (Å²) in [5.74, 6) is -3.19. The number of carbonyl (C=O) groups excluding carboxylic acids is 3. The van der Waals surface area contributed by atoms with Gasteiger partial charge in [-0.25, -0.2) is 0 Å². The number of fused-ring (bicyclic) bond motifs is 3. The SMILES string of the molecule is CC(C)CN1CC(C(c2ccccc2)c2cccc(Oc3c4n(ncc3=O)C(C(c3ccccc3)c3cccc(CC#N)c3)CN(C)C4=O)c2)n2ncc(=O)c(Oc3cccc(C(c4ccccc4)C4CN(CC5CC5)C(=O)c5c(O)c(=O)cnn54)c3)c2C1=O. The fourth-order valence-electron chi connectivity index (χ4n) is 13.4. The first-order valence-electron chi connectivity index (χ1n) is 30.3. The number of carbonyl (C=O) groups is 3. The molecule has 0 saturated heterocycles. The van der Waals surface area contributed by atoms with Gasteiger partial charge in [-0.3, -0.25) is 42.8 Å². The molecule has 90 heavy (non-hydrogen) atoms. The number of aromatic hydroxyl groups is 1.